The molecule has 20 atom stereocenters. The monoisotopic (exact) mass is 719 g/mol. The van der Waals surface area contributed by atoms with Gasteiger partial charge in [0.05, 0.1) is 36.6 Å². The number of rotatable bonds is 7. The average Bonchev–Trinajstić information content (AvgIpc) is 3.94. The Labute approximate surface area is 297 Å². The molecule has 0 aromatic carbocycles. The molecule has 14 heteroatoms. The fraction of sp³-hybridized carbons (Fsp3) is 0.892. The number of fused-ring (bicyclic) bond motifs is 9. The molecule has 1 spiro atoms. The number of ketones is 1. The van der Waals surface area contributed by atoms with E-state index in [1.807, 2.05) is 34.6 Å². The first kappa shape index (κ1) is 35.8. The molecule has 0 aromatic rings. The van der Waals surface area contributed by atoms with Gasteiger partial charge in [-0.25, -0.2) is 0 Å². The van der Waals surface area contributed by atoms with Crippen LogP contribution in [0.1, 0.15) is 68.7 Å². The largest absolute Gasteiger partial charge is 0.459 e. The summed E-state index contributed by atoms with van der Waals surface area (Å²) in [5.41, 5.74) is -4.84. The van der Waals surface area contributed by atoms with Crippen molar-refractivity contribution >= 4 is 23.7 Å². The van der Waals surface area contributed by atoms with E-state index in [9.17, 15) is 24.6 Å². The smallest absolute Gasteiger partial charge is 0.303 e. The maximum absolute atomic E-state index is 15.1. The van der Waals surface area contributed by atoms with Crippen LogP contribution in [0.15, 0.2) is 0 Å². The number of aliphatic hydroxyl groups excluding tert-OH is 1. The molecular weight excluding hydrogens is 666 g/mol. The molecule has 8 aliphatic rings. The van der Waals surface area contributed by atoms with Gasteiger partial charge >= 0.3 is 17.9 Å². The Bertz CT molecular complexity index is 1540. The highest BCUT2D eigenvalue weighted by Gasteiger charge is 2.90. The number of nitrogens with one attached hydrogen (secondary N) is 1. The van der Waals surface area contributed by atoms with Gasteiger partial charge in [-0.3, -0.25) is 24.5 Å². The predicted molar refractivity (Wildman–Crippen MR) is 173 cm³/mol. The van der Waals surface area contributed by atoms with Crippen LogP contribution >= 0.6 is 0 Å². The molecule has 0 amide bonds. The summed E-state index contributed by atoms with van der Waals surface area (Å²) in [4.78, 5) is 54.2. The lowest BCUT2D eigenvalue weighted by Gasteiger charge is -2.65. The van der Waals surface area contributed by atoms with Crippen LogP contribution < -0.4 is 5.32 Å². The molecule has 3 aliphatic heterocycles. The third kappa shape index (κ3) is 4.29. The topological polar surface area (TPSA) is 192 Å². The first-order valence-corrected chi connectivity index (χ1v) is 18.6. The minimum atomic E-state index is -1.41. The number of aliphatic hydroxyl groups is 2. The lowest BCUT2D eigenvalue weighted by molar-refractivity contribution is -0.276. The van der Waals surface area contributed by atoms with Crippen LogP contribution in [-0.2, 0) is 52.3 Å². The van der Waals surface area contributed by atoms with Gasteiger partial charge in [0.1, 0.15) is 36.6 Å². The minimum Gasteiger partial charge on any atom is -0.459 e. The number of Topliss-reactive ketones (excluding diaryl/α,β-unsaturated/α-hetero) is 1. The molecule has 284 valence electrons. The van der Waals surface area contributed by atoms with Crippen molar-refractivity contribution in [3.05, 3.63) is 0 Å². The zero-order valence-corrected chi connectivity index (χ0v) is 30.9. The SMILES string of the molecule is CCNCO[C@H]1C(=O)[C@H]2C[C@@H]3O[C@@H]3[C@H](OC(C)=O)[C@]2(C)[C@H]2[C@H](OC(C)=O)[C@H](OC(C)=O)[C@@]3(C)[C@@H]([C@@H](O)[C@@H]4[C@@H]3[C@H](C)[C@H]3O[C@]35OC[C@@](C)(O)[C@]45C)[C@@H]21. The maximum atomic E-state index is 15.1. The van der Waals surface area contributed by atoms with E-state index in [1.165, 1.54) is 20.8 Å². The fourth-order valence-corrected chi connectivity index (χ4v) is 13.4. The number of epoxide rings is 2. The second-order valence-corrected chi connectivity index (χ2v) is 17.5. The Morgan fingerprint density at radius 3 is 2.20 bits per heavy atom. The molecule has 0 bridgehead atoms. The Morgan fingerprint density at radius 2 is 1.57 bits per heavy atom. The molecule has 3 saturated heterocycles. The third-order valence-corrected chi connectivity index (χ3v) is 15.3. The molecule has 8 rings (SSSR count). The normalized spacial score (nSPS) is 56.9. The van der Waals surface area contributed by atoms with Gasteiger partial charge in [0, 0.05) is 61.2 Å². The van der Waals surface area contributed by atoms with Crippen molar-refractivity contribution in [2.75, 3.05) is 19.9 Å². The van der Waals surface area contributed by atoms with E-state index in [1.54, 1.807) is 6.92 Å². The van der Waals surface area contributed by atoms with Crippen molar-refractivity contribution in [1.29, 1.82) is 0 Å². The lowest BCUT2D eigenvalue weighted by atomic mass is 9.41. The first-order valence-electron chi connectivity index (χ1n) is 18.6. The number of hydrogen-bond acceptors (Lipinski definition) is 14. The molecule has 5 saturated carbocycles. The van der Waals surface area contributed by atoms with Gasteiger partial charge in [0.2, 0.25) is 5.79 Å². The molecule has 3 N–H and O–H groups in total. The van der Waals surface area contributed by atoms with Crippen LogP contribution in [-0.4, -0.2) is 114 Å². The summed E-state index contributed by atoms with van der Waals surface area (Å²) < 4.78 is 44.0. The summed E-state index contributed by atoms with van der Waals surface area (Å²) in [7, 11) is 0. The zero-order chi connectivity index (χ0) is 37.0. The van der Waals surface area contributed by atoms with E-state index in [0.717, 1.165) is 0 Å². The van der Waals surface area contributed by atoms with E-state index in [4.69, 9.17) is 33.2 Å². The Kier molecular flexibility index (Phi) is 7.85. The van der Waals surface area contributed by atoms with E-state index < -0.39 is 124 Å². The Balaban J connectivity index is 1.38. The van der Waals surface area contributed by atoms with Crippen LogP contribution in [0.3, 0.4) is 0 Å². The fourth-order valence-electron chi connectivity index (χ4n) is 13.4. The Morgan fingerprint density at radius 1 is 0.922 bits per heavy atom. The molecule has 0 radical (unpaired) electrons. The molecule has 3 heterocycles. The van der Waals surface area contributed by atoms with Crippen molar-refractivity contribution in [3.8, 4) is 0 Å². The second-order valence-electron chi connectivity index (χ2n) is 17.5. The summed E-state index contributed by atoms with van der Waals surface area (Å²) in [5.74, 6) is -7.57. The van der Waals surface area contributed by atoms with Gasteiger partial charge < -0.3 is 43.4 Å². The molecule has 8 fully saturated rings. The second kappa shape index (κ2) is 11.2. The van der Waals surface area contributed by atoms with Crippen LogP contribution in [0.4, 0.5) is 0 Å². The van der Waals surface area contributed by atoms with E-state index in [0.29, 0.717) is 13.0 Å². The van der Waals surface area contributed by atoms with Gasteiger partial charge in [-0.2, -0.15) is 0 Å². The number of carbonyl (C=O) groups is 4. The molecule has 5 aliphatic carbocycles. The average molecular weight is 720 g/mol. The van der Waals surface area contributed by atoms with Gasteiger partial charge in [-0.15, -0.1) is 0 Å². The molecule has 0 aromatic heterocycles. The van der Waals surface area contributed by atoms with Crippen LogP contribution in [0.25, 0.3) is 0 Å². The minimum absolute atomic E-state index is 0.00117. The summed E-state index contributed by atoms with van der Waals surface area (Å²) in [6.45, 7) is 15.9. The highest BCUT2D eigenvalue weighted by Crippen LogP contribution is 2.80. The van der Waals surface area contributed by atoms with Crippen molar-refractivity contribution < 1.29 is 62.5 Å². The maximum Gasteiger partial charge on any atom is 0.303 e. The van der Waals surface area contributed by atoms with E-state index >= 15 is 4.79 Å². The highest BCUT2D eigenvalue weighted by molar-refractivity contribution is 5.88. The van der Waals surface area contributed by atoms with Crippen LogP contribution in [0, 0.1) is 57.7 Å². The number of esters is 3. The summed E-state index contributed by atoms with van der Waals surface area (Å²) in [6, 6.07) is 0. The van der Waals surface area contributed by atoms with Crippen molar-refractivity contribution in [2.24, 2.45) is 57.7 Å². The van der Waals surface area contributed by atoms with Crippen LogP contribution in [0.5, 0.6) is 0 Å². The predicted octanol–water partition coefficient (Wildman–Crippen LogP) is 1.12. The molecule has 51 heavy (non-hydrogen) atoms. The van der Waals surface area contributed by atoms with Gasteiger partial charge in [-0.05, 0) is 31.7 Å². The quantitative estimate of drug-likeness (QED) is 0.112. The van der Waals surface area contributed by atoms with Gasteiger partial charge in [0.15, 0.2) is 5.78 Å². The summed E-state index contributed by atoms with van der Waals surface area (Å²) in [5, 5.41) is 28.4. The standard InChI is InChI=1S/C37H53NO13/c1-10-38-13-45-28-20-22-26(43)24-21(14(2)30-37(51-30)36(24,9)33(6,44)12-46-37)35(22,8)32(49-17(5)41)29(47-15(3)39)23(20)34(7)18(25(28)42)11-19-27(50-19)31(34)48-16(4)40/h14,18-24,26-32,38,43-44H,10-13H2,1-9H3/t14-,18+,19-,20-,21-,22+,23+,24-,26+,27-,28+,29-,30+,31-,32-,33+,34-,35+,36-,37+/m0/s1. The lowest BCUT2D eigenvalue weighted by Crippen LogP contribution is -2.75. The Hall–Kier alpha value is -2.20. The summed E-state index contributed by atoms with van der Waals surface area (Å²) in [6.07, 6.45) is -6.23. The number of carbonyl (C=O) groups excluding carboxylic acids is 4. The molecular formula is C37H53NO13. The number of ether oxygens (including phenoxy) is 7. The molecule has 14 nitrogen and oxygen atoms in total. The zero-order valence-electron chi connectivity index (χ0n) is 30.9. The third-order valence-electron chi connectivity index (χ3n) is 15.3. The van der Waals surface area contributed by atoms with Crippen molar-refractivity contribution in [3.63, 3.8) is 0 Å². The first-order chi connectivity index (χ1) is 23.8. The summed E-state index contributed by atoms with van der Waals surface area (Å²) >= 11 is 0. The van der Waals surface area contributed by atoms with Crippen molar-refractivity contribution in [2.45, 2.75) is 129 Å². The van der Waals surface area contributed by atoms with E-state index in [2.05, 4.69) is 5.32 Å². The van der Waals surface area contributed by atoms with Gasteiger partial charge in [0.25, 0.3) is 0 Å². The van der Waals surface area contributed by atoms with E-state index in [-0.39, 0.29) is 31.1 Å². The molecule has 0 unspecified atom stereocenters. The van der Waals surface area contributed by atoms with Crippen LogP contribution in [0.2, 0.25) is 0 Å². The highest BCUT2D eigenvalue weighted by atomic mass is 16.8. The van der Waals surface area contributed by atoms with Crippen molar-refractivity contribution in [1.82, 2.24) is 5.32 Å². The van der Waals surface area contributed by atoms with Gasteiger partial charge in [-0.1, -0.05) is 34.6 Å². The number of hydrogen-bond donors (Lipinski definition) is 3.